The van der Waals surface area contributed by atoms with E-state index in [0.29, 0.717) is 5.75 Å². The molecule has 0 unspecified atom stereocenters. The molecule has 0 aliphatic carbocycles. The number of phenolic OH excluding ortho intramolecular Hbond substituents is 2. The van der Waals surface area contributed by atoms with Gasteiger partial charge in [-0.1, -0.05) is 18.2 Å². The van der Waals surface area contributed by atoms with Gasteiger partial charge in [-0.2, -0.15) is 0 Å². The molecule has 2 aromatic rings. The number of benzene rings is 2. The van der Waals surface area contributed by atoms with Crippen molar-refractivity contribution in [2.45, 2.75) is 0 Å². The SMILES string of the molecule is O=C1/C(=C/c2ccc(O)cc2)Oc2cccc(O)c21. The topological polar surface area (TPSA) is 66.8 Å². The standard InChI is InChI=1S/C15H10O4/c16-10-6-4-9(5-7-10)8-13-15(18)14-11(17)2-1-3-12(14)19-13/h1-8,16-17H/b13-8-. The highest BCUT2D eigenvalue weighted by molar-refractivity contribution is 6.16. The number of hydrogen-bond acceptors (Lipinski definition) is 4. The minimum atomic E-state index is -0.346. The van der Waals surface area contributed by atoms with Gasteiger partial charge in [0.1, 0.15) is 22.8 Å². The Morgan fingerprint density at radius 1 is 1.00 bits per heavy atom. The fraction of sp³-hybridized carbons (Fsp3) is 0. The molecule has 19 heavy (non-hydrogen) atoms. The van der Waals surface area contributed by atoms with Crippen molar-refractivity contribution in [3.63, 3.8) is 0 Å². The van der Waals surface area contributed by atoms with Crippen LogP contribution in [0, 0.1) is 0 Å². The lowest BCUT2D eigenvalue weighted by Gasteiger charge is -1.98. The average Bonchev–Trinajstić information content (AvgIpc) is 2.71. The van der Waals surface area contributed by atoms with Crippen LogP contribution in [0.5, 0.6) is 17.2 Å². The zero-order valence-electron chi connectivity index (χ0n) is 9.83. The van der Waals surface area contributed by atoms with Crippen molar-refractivity contribution >= 4 is 11.9 Å². The zero-order valence-corrected chi connectivity index (χ0v) is 9.83. The second-order valence-electron chi connectivity index (χ2n) is 4.18. The van der Waals surface area contributed by atoms with Gasteiger partial charge in [0.15, 0.2) is 5.76 Å². The number of aromatic hydroxyl groups is 2. The molecule has 4 nitrogen and oxygen atoms in total. The van der Waals surface area contributed by atoms with Crippen LogP contribution in [-0.2, 0) is 0 Å². The fourth-order valence-corrected chi connectivity index (χ4v) is 1.94. The molecule has 2 aromatic carbocycles. The van der Waals surface area contributed by atoms with Gasteiger partial charge < -0.3 is 14.9 Å². The van der Waals surface area contributed by atoms with Gasteiger partial charge in [-0.05, 0) is 35.9 Å². The highest BCUT2D eigenvalue weighted by Gasteiger charge is 2.30. The van der Waals surface area contributed by atoms with Crippen LogP contribution < -0.4 is 4.74 Å². The molecule has 4 heteroatoms. The summed E-state index contributed by atoms with van der Waals surface area (Å²) >= 11 is 0. The van der Waals surface area contributed by atoms with E-state index in [9.17, 15) is 15.0 Å². The van der Waals surface area contributed by atoms with Crippen molar-refractivity contribution in [2.75, 3.05) is 0 Å². The van der Waals surface area contributed by atoms with Crippen molar-refractivity contribution in [3.8, 4) is 17.2 Å². The molecule has 0 radical (unpaired) electrons. The zero-order chi connectivity index (χ0) is 13.4. The van der Waals surface area contributed by atoms with Crippen LogP contribution in [0.15, 0.2) is 48.2 Å². The van der Waals surface area contributed by atoms with Gasteiger partial charge in [0.25, 0.3) is 0 Å². The molecule has 1 heterocycles. The molecule has 0 spiro atoms. The maximum atomic E-state index is 12.1. The van der Waals surface area contributed by atoms with Gasteiger partial charge in [0.05, 0.1) is 0 Å². The Morgan fingerprint density at radius 3 is 2.42 bits per heavy atom. The van der Waals surface area contributed by atoms with E-state index in [2.05, 4.69) is 0 Å². The summed E-state index contributed by atoms with van der Waals surface area (Å²) in [6.45, 7) is 0. The Morgan fingerprint density at radius 2 is 1.74 bits per heavy atom. The van der Waals surface area contributed by atoms with Gasteiger partial charge >= 0.3 is 0 Å². The fourth-order valence-electron chi connectivity index (χ4n) is 1.94. The van der Waals surface area contributed by atoms with E-state index in [0.717, 1.165) is 5.56 Å². The van der Waals surface area contributed by atoms with Crippen molar-refractivity contribution in [2.24, 2.45) is 0 Å². The summed E-state index contributed by atoms with van der Waals surface area (Å²) in [7, 11) is 0. The number of carbonyl (C=O) groups excluding carboxylic acids is 1. The Hall–Kier alpha value is -2.75. The van der Waals surface area contributed by atoms with E-state index in [1.165, 1.54) is 18.2 Å². The third-order valence-electron chi connectivity index (χ3n) is 2.87. The van der Waals surface area contributed by atoms with Crippen molar-refractivity contribution in [1.82, 2.24) is 0 Å². The van der Waals surface area contributed by atoms with Crippen LogP contribution in [0.3, 0.4) is 0 Å². The van der Waals surface area contributed by atoms with Crippen molar-refractivity contribution in [3.05, 3.63) is 59.4 Å². The molecule has 0 aromatic heterocycles. The van der Waals surface area contributed by atoms with E-state index in [4.69, 9.17) is 4.74 Å². The van der Waals surface area contributed by atoms with E-state index < -0.39 is 0 Å². The number of ether oxygens (including phenoxy) is 1. The first-order chi connectivity index (χ1) is 9.15. The molecule has 1 aliphatic heterocycles. The lowest BCUT2D eigenvalue weighted by atomic mass is 10.1. The van der Waals surface area contributed by atoms with Crippen LogP contribution >= 0.6 is 0 Å². The molecule has 0 atom stereocenters. The van der Waals surface area contributed by atoms with Gasteiger partial charge in [0, 0.05) is 0 Å². The lowest BCUT2D eigenvalue weighted by molar-refractivity contribution is 0.101. The number of ketones is 1. The maximum Gasteiger partial charge on any atom is 0.235 e. The monoisotopic (exact) mass is 254 g/mol. The summed E-state index contributed by atoms with van der Waals surface area (Å²) < 4.78 is 5.42. The predicted octanol–water partition coefficient (Wildman–Crippen LogP) is 2.71. The Bertz CT molecular complexity index is 684. The molecule has 3 rings (SSSR count). The molecule has 0 fully saturated rings. The third-order valence-corrected chi connectivity index (χ3v) is 2.87. The van der Waals surface area contributed by atoms with E-state index >= 15 is 0 Å². The van der Waals surface area contributed by atoms with E-state index in [1.807, 2.05) is 0 Å². The Labute approximate surface area is 109 Å². The number of rotatable bonds is 1. The second-order valence-corrected chi connectivity index (χ2v) is 4.18. The molecule has 0 saturated heterocycles. The Kier molecular flexibility index (Phi) is 2.49. The molecule has 0 amide bonds. The average molecular weight is 254 g/mol. The molecule has 0 saturated carbocycles. The first-order valence-electron chi connectivity index (χ1n) is 5.70. The third kappa shape index (κ3) is 1.93. The number of phenols is 2. The minimum Gasteiger partial charge on any atom is -0.508 e. The van der Waals surface area contributed by atoms with Crippen LogP contribution in [0.4, 0.5) is 0 Å². The molecule has 2 N–H and O–H groups in total. The van der Waals surface area contributed by atoms with Gasteiger partial charge in [-0.3, -0.25) is 4.79 Å². The molecular weight excluding hydrogens is 244 g/mol. The van der Waals surface area contributed by atoms with Gasteiger partial charge in [-0.25, -0.2) is 0 Å². The van der Waals surface area contributed by atoms with Gasteiger partial charge in [-0.15, -0.1) is 0 Å². The lowest BCUT2D eigenvalue weighted by Crippen LogP contribution is -1.98. The van der Waals surface area contributed by atoms with Gasteiger partial charge in [0.2, 0.25) is 5.78 Å². The second kappa shape index (κ2) is 4.17. The van der Waals surface area contributed by atoms with E-state index in [-0.39, 0.29) is 28.6 Å². The number of fused-ring (bicyclic) bond motifs is 1. The normalized spacial score (nSPS) is 15.4. The molecule has 1 aliphatic rings. The summed E-state index contributed by atoms with van der Waals surface area (Å²) in [6.07, 6.45) is 1.57. The number of hydrogen-bond donors (Lipinski definition) is 2. The summed E-state index contributed by atoms with van der Waals surface area (Å²) in [4.78, 5) is 12.1. The number of Topliss-reactive ketones (excluding diaryl/α,β-unsaturated/α-hetero) is 1. The molecular formula is C15H10O4. The highest BCUT2D eigenvalue weighted by atomic mass is 16.5. The first-order valence-corrected chi connectivity index (χ1v) is 5.70. The highest BCUT2D eigenvalue weighted by Crippen LogP contribution is 2.37. The maximum absolute atomic E-state index is 12.1. The quantitative estimate of drug-likeness (QED) is 0.768. The molecule has 0 bridgehead atoms. The first kappa shape index (κ1) is 11.3. The van der Waals surface area contributed by atoms with Crippen LogP contribution in [0.25, 0.3) is 6.08 Å². The summed E-state index contributed by atoms with van der Waals surface area (Å²) in [5.41, 5.74) is 0.918. The van der Waals surface area contributed by atoms with Crippen LogP contribution in [-0.4, -0.2) is 16.0 Å². The minimum absolute atomic E-state index is 0.0865. The van der Waals surface area contributed by atoms with Crippen molar-refractivity contribution < 1.29 is 19.7 Å². The smallest absolute Gasteiger partial charge is 0.235 e. The van der Waals surface area contributed by atoms with Crippen LogP contribution in [0.2, 0.25) is 0 Å². The van der Waals surface area contributed by atoms with Crippen LogP contribution in [0.1, 0.15) is 15.9 Å². The predicted molar refractivity (Wildman–Crippen MR) is 69.1 cm³/mol. The summed E-state index contributed by atoms with van der Waals surface area (Å²) in [5, 5.41) is 18.9. The largest absolute Gasteiger partial charge is 0.508 e. The van der Waals surface area contributed by atoms with E-state index in [1.54, 1.807) is 30.3 Å². The molecule has 94 valence electrons. The summed E-state index contributed by atoms with van der Waals surface area (Å²) in [5.74, 6) is 0.233. The van der Waals surface area contributed by atoms with Crippen molar-refractivity contribution in [1.29, 1.82) is 0 Å². The Balaban J connectivity index is 2.00. The summed E-state index contributed by atoms with van der Waals surface area (Å²) in [6, 6.07) is 11.1. The number of carbonyl (C=O) groups is 1. The number of allylic oxidation sites excluding steroid dienone is 1.